The van der Waals surface area contributed by atoms with Gasteiger partial charge in [0.1, 0.15) is 0 Å². The summed E-state index contributed by atoms with van der Waals surface area (Å²) in [6, 6.07) is 5.56. The first-order chi connectivity index (χ1) is 6.70. The highest BCUT2D eigenvalue weighted by Crippen LogP contribution is 2.35. The molecule has 0 aliphatic carbocycles. The van der Waals surface area contributed by atoms with Crippen LogP contribution in [0.4, 0.5) is 5.69 Å². The van der Waals surface area contributed by atoms with Gasteiger partial charge in [-0.25, -0.2) is 0 Å². The zero-order valence-corrected chi connectivity index (χ0v) is 8.60. The summed E-state index contributed by atoms with van der Waals surface area (Å²) >= 11 is 1.53. The smallest absolute Gasteiger partial charge is 0.237 e. The van der Waals surface area contributed by atoms with E-state index in [4.69, 9.17) is 5.11 Å². The van der Waals surface area contributed by atoms with Crippen molar-refractivity contribution in [3.8, 4) is 0 Å². The molecule has 4 heteroatoms. The van der Waals surface area contributed by atoms with E-state index in [0.29, 0.717) is 0 Å². The lowest BCUT2D eigenvalue weighted by Gasteiger charge is -2.21. The third-order valence-corrected chi connectivity index (χ3v) is 3.32. The van der Waals surface area contributed by atoms with E-state index in [0.717, 1.165) is 16.1 Å². The Labute approximate surface area is 86.5 Å². The Morgan fingerprint density at radius 1 is 1.57 bits per heavy atom. The van der Waals surface area contributed by atoms with Crippen molar-refractivity contribution in [1.29, 1.82) is 0 Å². The van der Waals surface area contributed by atoms with Gasteiger partial charge in [-0.05, 0) is 24.6 Å². The lowest BCUT2D eigenvalue weighted by molar-refractivity contribution is -0.115. The molecule has 0 spiro atoms. The second kappa shape index (κ2) is 3.63. The molecular weight excluding hydrogens is 198 g/mol. The molecule has 1 heterocycles. The first-order valence-electron chi connectivity index (χ1n) is 4.42. The summed E-state index contributed by atoms with van der Waals surface area (Å²) in [6.45, 7) is 1.91. The minimum atomic E-state index is -0.0588. The van der Waals surface area contributed by atoms with Gasteiger partial charge in [-0.1, -0.05) is 6.07 Å². The van der Waals surface area contributed by atoms with Crippen molar-refractivity contribution >= 4 is 23.4 Å². The minimum absolute atomic E-state index is 0.0379. The number of nitrogens with one attached hydrogen (secondary N) is 1. The molecule has 3 nitrogen and oxygen atoms in total. The van der Waals surface area contributed by atoms with Crippen LogP contribution in [0.15, 0.2) is 23.1 Å². The Morgan fingerprint density at radius 2 is 2.36 bits per heavy atom. The second-order valence-corrected chi connectivity index (χ2v) is 4.62. The van der Waals surface area contributed by atoms with Crippen LogP contribution < -0.4 is 5.32 Å². The van der Waals surface area contributed by atoms with E-state index in [9.17, 15) is 4.79 Å². The number of hydrogen-bond acceptors (Lipinski definition) is 3. The zero-order chi connectivity index (χ0) is 10.1. The number of carbonyl (C=O) groups is 1. The van der Waals surface area contributed by atoms with Crippen LogP contribution in [0.3, 0.4) is 0 Å². The molecule has 0 saturated heterocycles. The van der Waals surface area contributed by atoms with Crippen molar-refractivity contribution < 1.29 is 9.90 Å². The molecule has 2 N–H and O–H groups in total. The van der Waals surface area contributed by atoms with E-state index < -0.39 is 0 Å². The Morgan fingerprint density at radius 3 is 3.07 bits per heavy atom. The quantitative estimate of drug-likeness (QED) is 0.738. The van der Waals surface area contributed by atoms with Gasteiger partial charge < -0.3 is 10.4 Å². The molecular formula is C10H11NO2S. The topological polar surface area (TPSA) is 49.3 Å². The molecule has 0 radical (unpaired) electrons. The summed E-state index contributed by atoms with van der Waals surface area (Å²) in [5.41, 5.74) is 1.72. The molecule has 14 heavy (non-hydrogen) atoms. The number of thioether (sulfide) groups is 1. The maximum Gasteiger partial charge on any atom is 0.237 e. The molecule has 1 aromatic carbocycles. The van der Waals surface area contributed by atoms with E-state index >= 15 is 0 Å². The number of fused-ring (bicyclic) bond motifs is 1. The second-order valence-electron chi connectivity index (χ2n) is 3.24. The number of aliphatic hydroxyl groups excluding tert-OH is 1. The Kier molecular flexibility index (Phi) is 2.48. The van der Waals surface area contributed by atoms with Crippen LogP contribution in [0, 0.1) is 0 Å². The number of anilines is 1. The van der Waals surface area contributed by atoms with Crippen LogP contribution >= 0.6 is 11.8 Å². The Hall–Kier alpha value is -1.00. The van der Waals surface area contributed by atoms with Gasteiger partial charge in [0.2, 0.25) is 5.91 Å². The Bertz CT molecular complexity index is 378. The Balaban J connectivity index is 2.37. The SMILES string of the molecule is CC1Sc2cc(CO)ccc2NC1=O. The number of rotatable bonds is 1. The van der Waals surface area contributed by atoms with Gasteiger partial charge in [-0.3, -0.25) is 4.79 Å². The average molecular weight is 209 g/mol. The van der Waals surface area contributed by atoms with E-state index in [1.54, 1.807) is 0 Å². The molecule has 2 rings (SSSR count). The minimum Gasteiger partial charge on any atom is -0.392 e. The standard InChI is InChI=1S/C10H11NO2S/c1-6-10(13)11-8-3-2-7(5-12)4-9(8)14-6/h2-4,6,12H,5H2,1H3,(H,11,13). The largest absolute Gasteiger partial charge is 0.392 e. The van der Waals surface area contributed by atoms with Crippen molar-refractivity contribution in [3.05, 3.63) is 23.8 Å². The van der Waals surface area contributed by atoms with Crippen LogP contribution in [0.2, 0.25) is 0 Å². The van der Waals surface area contributed by atoms with Gasteiger partial charge in [0, 0.05) is 4.90 Å². The first kappa shape index (κ1) is 9.55. The van der Waals surface area contributed by atoms with Crippen LogP contribution in [-0.2, 0) is 11.4 Å². The summed E-state index contributed by atoms with van der Waals surface area (Å²) in [4.78, 5) is 12.4. The molecule has 1 unspecified atom stereocenters. The average Bonchev–Trinajstić information content (AvgIpc) is 2.19. The third kappa shape index (κ3) is 1.63. The number of hydrogen-bond donors (Lipinski definition) is 2. The summed E-state index contributed by atoms with van der Waals surface area (Å²) in [5, 5.41) is 11.7. The van der Waals surface area contributed by atoms with Gasteiger partial charge in [-0.15, -0.1) is 11.8 Å². The predicted octanol–water partition coefficient (Wildman–Crippen LogP) is 1.61. The van der Waals surface area contributed by atoms with E-state index in [-0.39, 0.29) is 17.8 Å². The van der Waals surface area contributed by atoms with Gasteiger partial charge >= 0.3 is 0 Å². The summed E-state index contributed by atoms with van der Waals surface area (Å²) < 4.78 is 0. The molecule has 0 bridgehead atoms. The highest BCUT2D eigenvalue weighted by molar-refractivity contribution is 8.00. The van der Waals surface area contributed by atoms with Crippen molar-refractivity contribution in [2.45, 2.75) is 23.7 Å². The monoisotopic (exact) mass is 209 g/mol. The molecule has 1 aliphatic rings. The van der Waals surface area contributed by atoms with E-state index in [2.05, 4.69) is 5.32 Å². The molecule has 0 fully saturated rings. The fourth-order valence-electron chi connectivity index (χ4n) is 1.34. The van der Waals surface area contributed by atoms with Crippen molar-refractivity contribution in [1.82, 2.24) is 0 Å². The molecule has 1 aromatic rings. The van der Waals surface area contributed by atoms with Crippen LogP contribution in [0.5, 0.6) is 0 Å². The maximum atomic E-state index is 11.3. The molecule has 1 amide bonds. The lowest BCUT2D eigenvalue weighted by atomic mass is 10.2. The summed E-state index contributed by atoms with van der Waals surface area (Å²) in [7, 11) is 0. The zero-order valence-electron chi connectivity index (χ0n) is 7.78. The first-order valence-corrected chi connectivity index (χ1v) is 5.30. The third-order valence-electron chi connectivity index (χ3n) is 2.16. The number of benzene rings is 1. The van der Waals surface area contributed by atoms with Crippen LogP contribution in [0.25, 0.3) is 0 Å². The fourth-order valence-corrected chi connectivity index (χ4v) is 2.36. The van der Waals surface area contributed by atoms with Gasteiger partial charge in [0.05, 0.1) is 17.5 Å². The van der Waals surface area contributed by atoms with Crippen LogP contribution in [0.1, 0.15) is 12.5 Å². The highest BCUT2D eigenvalue weighted by atomic mass is 32.2. The molecule has 0 aromatic heterocycles. The number of amides is 1. The van der Waals surface area contributed by atoms with Gasteiger partial charge in [0.15, 0.2) is 0 Å². The van der Waals surface area contributed by atoms with E-state index in [1.807, 2.05) is 25.1 Å². The summed E-state index contributed by atoms with van der Waals surface area (Å²) in [5.74, 6) is 0.0410. The lowest BCUT2D eigenvalue weighted by Crippen LogP contribution is -2.26. The van der Waals surface area contributed by atoms with Crippen LogP contribution in [-0.4, -0.2) is 16.3 Å². The molecule has 0 saturated carbocycles. The normalized spacial score (nSPS) is 20.1. The molecule has 1 aliphatic heterocycles. The predicted molar refractivity (Wildman–Crippen MR) is 56.3 cm³/mol. The fraction of sp³-hybridized carbons (Fsp3) is 0.300. The maximum absolute atomic E-state index is 11.3. The van der Waals surface area contributed by atoms with Gasteiger partial charge in [-0.2, -0.15) is 0 Å². The molecule has 1 atom stereocenters. The summed E-state index contributed by atoms with van der Waals surface area (Å²) in [6.07, 6.45) is 0. The highest BCUT2D eigenvalue weighted by Gasteiger charge is 2.22. The van der Waals surface area contributed by atoms with Crippen molar-refractivity contribution in [2.75, 3.05) is 5.32 Å². The molecule has 74 valence electrons. The van der Waals surface area contributed by atoms with E-state index in [1.165, 1.54) is 11.8 Å². The van der Waals surface area contributed by atoms with Gasteiger partial charge in [0.25, 0.3) is 0 Å². The number of carbonyl (C=O) groups excluding carboxylic acids is 1. The number of aliphatic hydroxyl groups is 1. The van der Waals surface area contributed by atoms with Crippen molar-refractivity contribution in [2.24, 2.45) is 0 Å². The van der Waals surface area contributed by atoms with Crippen molar-refractivity contribution in [3.63, 3.8) is 0 Å².